The first-order valence-corrected chi connectivity index (χ1v) is 13.2. The number of nitrogens with zero attached hydrogens (tertiary/aromatic N) is 1. The molecule has 6 heteroatoms. The summed E-state index contributed by atoms with van der Waals surface area (Å²) in [5.41, 5.74) is -0.0228. The summed E-state index contributed by atoms with van der Waals surface area (Å²) in [6, 6.07) is 0. The van der Waals surface area contributed by atoms with Crippen molar-refractivity contribution in [3.63, 3.8) is 0 Å². The van der Waals surface area contributed by atoms with E-state index in [1.807, 2.05) is 20.8 Å². The van der Waals surface area contributed by atoms with E-state index in [-0.39, 0.29) is 29.4 Å². The van der Waals surface area contributed by atoms with Crippen molar-refractivity contribution >= 4 is 17.5 Å². The van der Waals surface area contributed by atoms with Gasteiger partial charge in [-0.25, -0.2) is 0 Å². The van der Waals surface area contributed by atoms with Gasteiger partial charge in [-0.15, -0.1) is 0 Å². The van der Waals surface area contributed by atoms with Crippen molar-refractivity contribution < 1.29 is 24.2 Å². The molecule has 0 aromatic heterocycles. The number of ether oxygens (including phenoxy) is 1. The van der Waals surface area contributed by atoms with Crippen LogP contribution in [0.15, 0.2) is 23.1 Å². The quantitative estimate of drug-likeness (QED) is 0.145. The number of aliphatic hydroxyl groups excluding tert-OH is 1. The number of esters is 1. The minimum atomic E-state index is -0.525. The second kappa shape index (κ2) is 15.7. The van der Waals surface area contributed by atoms with Gasteiger partial charge < -0.3 is 14.7 Å². The molecule has 0 aromatic carbocycles. The van der Waals surface area contributed by atoms with Gasteiger partial charge in [-0.1, -0.05) is 71.1 Å². The Balaban J connectivity index is 2.38. The van der Waals surface area contributed by atoms with Gasteiger partial charge in [0.15, 0.2) is 5.76 Å². The molecule has 0 unspecified atom stereocenters. The summed E-state index contributed by atoms with van der Waals surface area (Å²) in [5, 5.41) is 10.2. The van der Waals surface area contributed by atoms with E-state index in [2.05, 4.69) is 6.92 Å². The Labute approximate surface area is 206 Å². The molecule has 0 saturated carbocycles. The van der Waals surface area contributed by atoms with E-state index in [1.165, 1.54) is 57.4 Å². The Morgan fingerprint density at radius 3 is 1.97 bits per heavy atom. The Kier molecular flexibility index (Phi) is 13.8. The predicted molar refractivity (Wildman–Crippen MR) is 137 cm³/mol. The molecular formula is C28H47NO5. The zero-order chi connectivity index (χ0) is 25.6. The van der Waals surface area contributed by atoms with Crippen molar-refractivity contribution in [2.24, 2.45) is 0 Å². The highest BCUT2D eigenvalue weighted by atomic mass is 16.6. The lowest BCUT2D eigenvalue weighted by molar-refractivity contribution is -0.154. The highest BCUT2D eigenvalue weighted by molar-refractivity contribution is 6.21. The predicted octanol–water partition coefficient (Wildman–Crippen LogP) is 6.59. The average molecular weight is 478 g/mol. The van der Waals surface area contributed by atoms with E-state index in [4.69, 9.17) is 4.74 Å². The van der Waals surface area contributed by atoms with Crippen LogP contribution in [0.5, 0.6) is 0 Å². The summed E-state index contributed by atoms with van der Waals surface area (Å²) in [4.78, 5) is 38.8. The normalized spacial score (nSPS) is 14.4. The molecule has 194 valence electrons. The van der Waals surface area contributed by atoms with E-state index >= 15 is 0 Å². The van der Waals surface area contributed by atoms with Crippen LogP contribution in [0.2, 0.25) is 0 Å². The lowest BCUT2D eigenvalue weighted by atomic mass is 9.93. The molecule has 1 aliphatic rings. The van der Waals surface area contributed by atoms with E-state index in [0.717, 1.165) is 19.3 Å². The van der Waals surface area contributed by atoms with E-state index < -0.39 is 17.1 Å². The molecule has 0 aromatic rings. The van der Waals surface area contributed by atoms with E-state index in [9.17, 15) is 19.5 Å². The van der Waals surface area contributed by atoms with Gasteiger partial charge in [0.05, 0.1) is 5.70 Å². The number of unbranched alkanes of at least 4 members (excludes halogenated alkanes) is 10. The average Bonchev–Trinajstić information content (AvgIpc) is 2.75. The minimum absolute atomic E-state index is 0.220. The summed E-state index contributed by atoms with van der Waals surface area (Å²) in [7, 11) is 1.73. The fraction of sp³-hybridized carbons (Fsp3) is 0.750. The van der Waals surface area contributed by atoms with Crippen molar-refractivity contribution in [1.82, 2.24) is 4.90 Å². The number of aliphatic hydroxyl groups is 1. The van der Waals surface area contributed by atoms with Crippen LogP contribution in [0.25, 0.3) is 0 Å². The Bertz CT molecular complexity index is 730. The van der Waals surface area contributed by atoms with Crippen LogP contribution in [0.4, 0.5) is 0 Å². The lowest BCUT2D eigenvalue weighted by Crippen LogP contribution is -2.31. The van der Waals surface area contributed by atoms with Crippen molar-refractivity contribution in [3.8, 4) is 0 Å². The smallest absolute Gasteiger partial charge is 0.306 e. The molecular weight excluding hydrogens is 430 g/mol. The van der Waals surface area contributed by atoms with Gasteiger partial charge in [-0.2, -0.15) is 0 Å². The van der Waals surface area contributed by atoms with Gasteiger partial charge in [-0.3, -0.25) is 14.4 Å². The Hall–Kier alpha value is -2.11. The van der Waals surface area contributed by atoms with Crippen molar-refractivity contribution in [2.75, 3.05) is 13.6 Å². The van der Waals surface area contributed by atoms with Gasteiger partial charge in [0.25, 0.3) is 0 Å². The topological polar surface area (TPSA) is 83.9 Å². The van der Waals surface area contributed by atoms with Crippen LogP contribution in [-0.4, -0.2) is 46.7 Å². The minimum Gasteiger partial charge on any atom is -0.504 e. The Morgan fingerprint density at radius 2 is 1.44 bits per heavy atom. The number of Topliss-reactive ketones (excluding diaryl/α,β-unsaturated/α-hetero) is 1. The third-order valence-corrected chi connectivity index (χ3v) is 6.03. The second-order valence-corrected chi connectivity index (χ2v) is 10.4. The summed E-state index contributed by atoms with van der Waals surface area (Å²) in [5.74, 6) is -1.51. The molecule has 6 nitrogen and oxygen atoms in total. The summed E-state index contributed by atoms with van der Waals surface area (Å²) in [6.45, 7) is 8.14. The summed E-state index contributed by atoms with van der Waals surface area (Å²) >= 11 is 0. The molecule has 34 heavy (non-hydrogen) atoms. The summed E-state index contributed by atoms with van der Waals surface area (Å²) in [6.07, 6.45) is 15.6. The van der Waals surface area contributed by atoms with Crippen molar-refractivity contribution in [3.05, 3.63) is 23.1 Å². The number of likely N-dealkylation sites (N-methyl/N-ethyl adjacent to an activating group) is 1. The van der Waals surface area contributed by atoms with Crippen LogP contribution >= 0.6 is 0 Å². The molecule has 0 aliphatic heterocycles. The molecule has 1 rings (SSSR count). The molecule has 0 saturated heterocycles. The number of hydrogen-bond acceptors (Lipinski definition) is 6. The van der Waals surface area contributed by atoms with Crippen LogP contribution in [0.1, 0.15) is 118 Å². The Morgan fingerprint density at radius 1 is 0.912 bits per heavy atom. The van der Waals surface area contributed by atoms with E-state index in [1.54, 1.807) is 11.9 Å². The lowest BCUT2D eigenvalue weighted by Gasteiger charge is -2.25. The molecule has 0 heterocycles. The third kappa shape index (κ3) is 11.8. The SMILES string of the molecule is CCCCCCCCCCCCCC1=C(O)C(=O)C=C(N(C)CCCC(=O)OC(C)(C)C)C1=O. The van der Waals surface area contributed by atoms with Gasteiger partial charge in [0, 0.05) is 31.7 Å². The van der Waals surface area contributed by atoms with Crippen LogP contribution in [0, 0.1) is 0 Å². The molecule has 1 N–H and O–H groups in total. The highest BCUT2D eigenvalue weighted by Gasteiger charge is 2.30. The van der Waals surface area contributed by atoms with Gasteiger partial charge in [-0.05, 0) is 40.0 Å². The zero-order valence-electron chi connectivity index (χ0n) is 22.2. The van der Waals surface area contributed by atoms with Crippen molar-refractivity contribution in [1.29, 1.82) is 0 Å². The number of carbonyl (C=O) groups excluding carboxylic acids is 3. The van der Waals surface area contributed by atoms with Crippen LogP contribution in [0.3, 0.4) is 0 Å². The van der Waals surface area contributed by atoms with E-state index in [0.29, 0.717) is 19.4 Å². The maximum atomic E-state index is 12.9. The molecule has 0 spiro atoms. The van der Waals surface area contributed by atoms with Gasteiger partial charge in [0.2, 0.25) is 11.6 Å². The monoisotopic (exact) mass is 477 g/mol. The van der Waals surface area contributed by atoms with Crippen LogP contribution in [-0.2, 0) is 19.1 Å². The zero-order valence-corrected chi connectivity index (χ0v) is 22.2. The standard InChI is InChI=1S/C28H47NO5/c1-6-7-8-9-10-11-12-13-14-15-16-18-22-26(32)23(21-24(30)27(22)33)29(5)20-17-19-25(31)34-28(2,3)4/h21,33H,6-20H2,1-5H3. The first-order chi connectivity index (χ1) is 16.1. The number of ketones is 2. The molecule has 0 radical (unpaired) electrons. The molecule has 1 aliphatic carbocycles. The number of rotatable bonds is 17. The largest absolute Gasteiger partial charge is 0.504 e. The molecule has 0 bridgehead atoms. The van der Waals surface area contributed by atoms with Gasteiger partial charge in [0.1, 0.15) is 5.60 Å². The molecule has 0 amide bonds. The number of allylic oxidation sites excluding steroid dienone is 2. The fourth-order valence-electron chi connectivity index (χ4n) is 4.12. The molecule has 0 atom stereocenters. The highest BCUT2D eigenvalue weighted by Crippen LogP contribution is 2.25. The number of hydrogen-bond donors (Lipinski definition) is 1. The molecule has 0 fully saturated rings. The first kappa shape index (κ1) is 29.9. The maximum absolute atomic E-state index is 12.9. The van der Waals surface area contributed by atoms with Crippen LogP contribution < -0.4 is 0 Å². The summed E-state index contributed by atoms with van der Waals surface area (Å²) < 4.78 is 5.31. The number of carbonyl (C=O) groups is 3. The fourth-order valence-corrected chi connectivity index (χ4v) is 4.12. The maximum Gasteiger partial charge on any atom is 0.306 e. The first-order valence-electron chi connectivity index (χ1n) is 13.2. The second-order valence-electron chi connectivity index (χ2n) is 10.4. The van der Waals surface area contributed by atoms with Gasteiger partial charge >= 0.3 is 5.97 Å². The third-order valence-electron chi connectivity index (χ3n) is 6.03. The van der Waals surface area contributed by atoms with Crippen molar-refractivity contribution in [2.45, 2.75) is 123 Å².